The van der Waals surface area contributed by atoms with E-state index < -0.39 is 12.1 Å². The molecule has 0 radical (unpaired) electrons. The van der Waals surface area contributed by atoms with Gasteiger partial charge in [-0.15, -0.1) is 0 Å². The highest BCUT2D eigenvalue weighted by molar-refractivity contribution is 7.98. The maximum Gasteiger partial charge on any atom is 0.118 e. The molecule has 0 heterocycles. The number of thioether (sulfide) groups is 1. The quantitative estimate of drug-likeness (QED) is 0.621. The predicted octanol–water partition coefficient (Wildman–Crippen LogP) is 1.26. The standard InChI is InChI=1S/C6H13NO2S/c1-3-5(7-9)6(8)4-10-2/h5-6,8H,3-4H2,1-2H3/t5-,6-/m0/s1. The van der Waals surface area contributed by atoms with Crippen LogP contribution in [-0.2, 0) is 0 Å². The summed E-state index contributed by atoms with van der Waals surface area (Å²) in [5.74, 6) is 0.588. The van der Waals surface area contributed by atoms with Crippen LogP contribution in [0.2, 0.25) is 0 Å². The van der Waals surface area contributed by atoms with Gasteiger partial charge >= 0.3 is 0 Å². The van der Waals surface area contributed by atoms with E-state index in [-0.39, 0.29) is 0 Å². The Kier molecular flexibility index (Phi) is 5.63. The van der Waals surface area contributed by atoms with E-state index in [2.05, 4.69) is 5.18 Å². The van der Waals surface area contributed by atoms with E-state index in [0.717, 1.165) is 0 Å². The minimum atomic E-state index is -0.572. The largest absolute Gasteiger partial charge is 0.390 e. The van der Waals surface area contributed by atoms with Crippen molar-refractivity contribution in [2.45, 2.75) is 25.5 Å². The molecule has 4 heteroatoms. The lowest BCUT2D eigenvalue weighted by atomic mass is 10.1. The summed E-state index contributed by atoms with van der Waals surface area (Å²) in [6.45, 7) is 1.84. The van der Waals surface area contributed by atoms with Crippen molar-refractivity contribution in [2.24, 2.45) is 5.18 Å². The Bertz CT molecular complexity index is 99.7. The van der Waals surface area contributed by atoms with Crippen LogP contribution in [0.3, 0.4) is 0 Å². The third kappa shape index (κ3) is 3.17. The minimum Gasteiger partial charge on any atom is -0.390 e. The van der Waals surface area contributed by atoms with E-state index in [9.17, 15) is 10.0 Å². The smallest absolute Gasteiger partial charge is 0.118 e. The van der Waals surface area contributed by atoms with E-state index in [1.165, 1.54) is 11.8 Å². The first-order valence-electron chi connectivity index (χ1n) is 3.25. The number of nitroso groups, excluding NO2 is 1. The van der Waals surface area contributed by atoms with Crippen LogP contribution in [0.4, 0.5) is 0 Å². The fourth-order valence-corrected chi connectivity index (χ4v) is 1.26. The highest BCUT2D eigenvalue weighted by atomic mass is 32.2. The summed E-state index contributed by atoms with van der Waals surface area (Å²) in [4.78, 5) is 10.0. The van der Waals surface area contributed by atoms with E-state index >= 15 is 0 Å². The molecule has 0 saturated heterocycles. The Balaban J connectivity index is 3.63. The van der Waals surface area contributed by atoms with Crippen LogP contribution < -0.4 is 0 Å². The van der Waals surface area contributed by atoms with Gasteiger partial charge in [0.05, 0.1) is 6.10 Å². The summed E-state index contributed by atoms with van der Waals surface area (Å²) in [5.41, 5.74) is 0. The topological polar surface area (TPSA) is 49.7 Å². The molecule has 0 aliphatic heterocycles. The number of hydrogen-bond donors (Lipinski definition) is 1. The first kappa shape index (κ1) is 9.91. The Morgan fingerprint density at radius 3 is 2.60 bits per heavy atom. The summed E-state index contributed by atoms with van der Waals surface area (Å²) >= 11 is 1.52. The maximum absolute atomic E-state index is 10.0. The molecule has 0 spiro atoms. The molecule has 0 fully saturated rings. The van der Waals surface area contributed by atoms with Gasteiger partial charge in [0.25, 0.3) is 0 Å². The Morgan fingerprint density at radius 2 is 2.30 bits per heavy atom. The fourth-order valence-electron chi connectivity index (χ4n) is 0.699. The van der Waals surface area contributed by atoms with Crippen LogP contribution in [0.25, 0.3) is 0 Å². The summed E-state index contributed by atoms with van der Waals surface area (Å²) < 4.78 is 0. The summed E-state index contributed by atoms with van der Waals surface area (Å²) in [5, 5.41) is 12.0. The molecule has 0 bridgehead atoms. The second-order valence-corrected chi connectivity index (χ2v) is 3.01. The lowest BCUT2D eigenvalue weighted by molar-refractivity contribution is 0.166. The van der Waals surface area contributed by atoms with Gasteiger partial charge in [0.2, 0.25) is 0 Å². The van der Waals surface area contributed by atoms with Gasteiger partial charge in [-0.25, -0.2) is 0 Å². The molecule has 10 heavy (non-hydrogen) atoms. The molecule has 60 valence electrons. The molecule has 0 aromatic heterocycles. The highest BCUT2D eigenvalue weighted by Crippen LogP contribution is 2.07. The number of aliphatic hydroxyl groups excluding tert-OH is 1. The first-order chi connectivity index (χ1) is 4.76. The van der Waals surface area contributed by atoms with Crippen molar-refractivity contribution < 1.29 is 5.11 Å². The molecule has 0 aromatic rings. The maximum atomic E-state index is 10.0. The van der Waals surface area contributed by atoms with Crippen LogP contribution in [0, 0.1) is 4.91 Å². The van der Waals surface area contributed by atoms with Crippen LogP contribution >= 0.6 is 11.8 Å². The normalized spacial score (nSPS) is 16.3. The average Bonchev–Trinajstić information content (AvgIpc) is 1.91. The molecule has 0 aromatic carbocycles. The minimum absolute atomic E-state index is 0.424. The Labute approximate surface area is 65.2 Å². The molecule has 0 aliphatic carbocycles. The van der Waals surface area contributed by atoms with Gasteiger partial charge in [-0.2, -0.15) is 16.7 Å². The van der Waals surface area contributed by atoms with Crippen molar-refractivity contribution in [2.75, 3.05) is 12.0 Å². The SMILES string of the molecule is CC[C@H](N=O)[C@@H](O)CSC. The van der Waals surface area contributed by atoms with E-state index in [4.69, 9.17) is 0 Å². The average molecular weight is 163 g/mol. The Morgan fingerprint density at radius 1 is 1.70 bits per heavy atom. The second kappa shape index (κ2) is 5.68. The van der Waals surface area contributed by atoms with Crippen molar-refractivity contribution >= 4 is 11.8 Å². The summed E-state index contributed by atoms with van der Waals surface area (Å²) in [6.07, 6.45) is 1.93. The fraction of sp³-hybridized carbons (Fsp3) is 1.00. The van der Waals surface area contributed by atoms with Gasteiger partial charge in [0.1, 0.15) is 6.04 Å². The Hall–Kier alpha value is -0.0900. The van der Waals surface area contributed by atoms with E-state index in [1.807, 2.05) is 13.2 Å². The zero-order valence-corrected chi connectivity index (χ0v) is 7.10. The van der Waals surface area contributed by atoms with Gasteiger partial charge in [0.15, 0.2) is 0 Å². The van der Waals surface area contributed by atoms with E-state index in [1.54, 1.807) is 0 Å². The number of hydrogen-bond acceptors (Lipinski definition) is 4. The monoisotopic (exact) mass is 163 g/mol. The van der Waals surface area contributed by atoms with Crippen molar-refractivity contribution in [1.82, 2.24) is 0 Å². The number of aliphatic hydroxyl groups is 1. The van der Waals surface area contributed by atoms with Crippen molar-refractivity contribution in [3.8, 4) is 0 Å². The van der Waals surface area contributed by atoms with Crippen LogP contribution in [0.1, 0.15) is 13.3 Å². The summed E-state index contributed by atoms with van der Waals surface area (Å²) in [6, 6.07) is -0.424. The van der Waals surface area contributed by atoms with E-state index in [0.29, 0.717) is 12.2 Å². The predicted molar refractivity (Wildman–Crippen MR) is 44.3 cm³/mol. The molecular weight excluding hydrogens is 150 g/mol. The van der Waals surface area contributed by atoms with Gasteiger partial charge in [-0.1, -0.05) is 12.1 Å². The molecule has 3 nitrogen and oxygen atoms in total. The van der Waals surface area contributed by atoms with Crippen molar-refractivity contribution in [1.29, 1.82) is 0 Å². The highest BCUT2D eigenvalue weighted by Gasteiger charge is 2.16. The molecule has 0 amide bonds. The van der Waals surface area contributed by atoms with Gasteiger partial charge in [-0.3, -0.25) is 0 Å². The number of nitrogens with zero attached hydrogens (tertiary/aromatic N) is 1. The molecule has 0 aliphatic rings. The third-order valence-electron chi connectivity index (χ3n) is 1.34. The zero-order valence-electron chi connectivity index (χ0n) is 6.28. The first-order valence-corrected chi connectivity index (χ1v) is 4.65. The third-order valence-corrected chi connectivity index (χ3v) is 2.01. The molecule has 0 rings (SSSR count). The van der Waals surface area contributed by atoms with Crippen molar-refractivity contribution in [3.63, 3.8) is 0 Å². The lowest BCUT2D eigenvalue weighted by Crippen LogP contribution is -2.25. The molecule has 1 N–H and O–H groups in total. The second-order valence-electron chi connectivity index (χ2n) is 2.10. The van der Waals surface area contributed by atoms with Gasteiger partial charge in [-0.05, 0) is 12.7 Å². The molecule has 0 unspecified atom stereocenters. The molecular formula is C6H13NO2S. The van der Waals surface area contributed by atoms with Gasteiger partial charge < -0.3 is 5.11 Å². The van der Waals surface area contributed by atoms with Crippen LogP contribution in [0.15, 0.2) is 5.18 Å². The van der Waals surface area contributed by atoms with Crippen LogP contribution in [0.5, 0.6) is 0 Å². The van der Waals surface area contributed by atoms with Gasteiger partial charge in [0, 0.05) is 5.75 Å². The lowest BCUT2D eigenvalue weighted by Gasteiger charge is -2.12. The summed E-state index contributed by atoms with van der Waals surface area (Å²) in [7, 11) is 0. The molecule has 2 atom stereocenters. The number of rotatable bonds is 5. The molecule has 0 saturated carbocycles. The zero-order chi connectivity index (χ0) is 7.98. The van der Waals surface area contributed by atoms with Crippen LogP contribution in [-0.4, -0.2) is 29.3 Å². The van der Waals surface area contributed by atoms with Crippen molar-refractivity contribution in [3.05, 3.63) is 4.91 Å².